The lowest BCUT2D eigenvalue weighted by atomic mass is 9.96. The Morgan fingerprint density at radius 2 is 2.11 bits per heavy atom. The third-order valence-corrected chi connectivity index (χ3v) is 3.55. The minimum Gasteiger partial charge on any atom is -0.480 e. The minimum atomic E-state index is -0.946. The van der Waals surface area contributed by atoms with E-state index in [0.29, 0.717) is 12.5 Å². The van der Waals surface area contributed by atoms with Crippen molar-refractivity contribution in [3.8, 4) is 0 Å². The van der Waals surface area contributed by atoms with Gasteiger partial charge in [0.2, 0.25) is 0 Å². The number of amides is 2. The molecule has 0 radical (unpaired) electrons. The lowest BCUT2D eigenvalue weighted by molar-refractivity contribution is -0.137. The SMILES string of the molecule is CCC1CCCN(C(=O)N(CC(=O)O)CC(C)C)C1. The maximum Gasteiger partial charge on any atom is 0.323 e. The quantitative estimate of drug-likeness (QED) is 0.833. The molecule has 0 saturated carbocycles. The Morgan fingerprint density at radius 1 is 1.42 bits per heavy atom. The van der Waals surface area contributed by atoms with Crippen LogP contribution < -0.4 is 0 Å². The summed E-state index contributed by atoms with van der Waals surface area (Å²) in [5.74, 6) is -0.114. The first-order valence-electron chi connectivity index (χ1n) is 7.19. The highest BCUT2D eigenvalue weighted by Crippen LogP contribution is 2.20. The van der Waals surface area contributed by atoms with Crippen LogP contribution in [0.3, 0.4) is 0 Å². The smallest absolute Gasteiger partial charge is 0.323 e. The van der Waals surface area contributed by atoms with E-state index in [1.54, 1.807) is 0 Å². The van der Waals surface area contributed by atoms with E-state index >= 15 is 0 Å². The van der Waals surface area contributed by atoms with Gasteiger partial charge in [-0.3, -0.25) is 4.79 Å². The highest BCUT2D eigenvalue weighted by Gasteiger charge is 2.27. The Morgan fingerprint density at radius 3 is 2.63 bits per heavy atom. The first-order chi connectivity index (χ1) is 8.93. The maximum absolute atomic E-state index is 12.4. The van der Waals surface area contributed by atoms with Gasteiger partial charge in [0.1, 0.15) is 6.54 Å². The summed E-state index contributed by atoms with van der Waals surface area (Å²) < 4.78 is 0. The average Bonchev–Trinajstić information content (AvgIpc) is 2.36. The van der Waals surface area contributed by atoms with Gasteiger partial charge in [0, 0.05) is 19.6 Å². The van der Waals surface area contributed by atoms with E-state index in [1.165, 1.54) is 11.3 Å². The summed E-state index contributed by atoms with van der Waals surface area (Å²) in [6.07, 6.45) is 3.27. The molecule has 1 N–H and O–H groups in total. The molecule has 0 aromatic heterocycles. The molecule has 0 bridgehead atoms. The fourth-order valence-electron chi connectivity index (χ4n) is 2.59. The molecule has 110 valence electrons. The van der Waals surface area contributed by atoms with E-state index in [4.69, 9.17) is 5.11 Å². The largest absolute Gasteiger partial charge is 0.480 e. The van der Waals surface area contributed by atoms with Crippen molar-refractivity contribution in [3.63, 3.8) is 0 Å². The lowest BCUT2D eigenvalue weighted by Crippen LogP contribution is -2.50. The van der Waals surface area contributed by atoms with Crippen molar-refractivity contribution in [2.75, 3.05) is 26.2 Å². The van der Waals surface area contributed by atoms with Gasteiger partial charge in [0.05, 0.1) is 0 Å². The Kier molecular flexibility index (Phi) is 6.12. The van der Waals surface area contributed by atoms with Gasteiger partial charge in [-0.25, -0.2) is 4.79 Å². The summed E-state index contributed by atoms with van der Waals surface area (Å²) in [7, 11) is 0. The molecule has 5 heteroatoms. The van der Waals surface area contributed by atoms with Crippen molar-refractivity contribution >= 4 is 12.0 Å². The summed E-state index contributed by atoms with van der Waals surface area (Å²) in [6, 6.07) is -0.116. The van der Waals surface area contributed by atoms with Gasteiger partial charge in [-0.2, -0.15) is 0 Å². The molecule has 1 unspecified atom stereocenters. The normalized spacial score (nSPS) is 19.6. The molecular weight excluding hydrogens is 244 g/mol. The van der Waals surface area contributed by atoms with Crippen LogP contribution in [0, 0.1) is 11.8 Å². The van der Waals surface area contributed by atoms with Crippen LogP contribution in [-0.2, 0) is 4.79 Å². The number of carbonyl (C=O) groups is 2. The molecule has 1 heterocycles. The number of hydrogen-bond acceptors (Lipinski definition) is 2. The van der Waals surface area contributed by atoms with Gasteiger partial charge < -0.3 is 14.9 Å². The molecule has 19 heavy (non-hydrogen) atoms. The fraction of sp³-hybridized carbons (Fsp3) is 0.857. The topological polar surface area (TPSA) is 60.9 Å². The van der Waals surface area contributed by atoms with Gasteiger partial charge in [0.15, 0.2) is 0 Å². The van der Waals surface area contributed by atoms with Crippen LogP contribution in [0.2, 0.25) is 0 Å². The third-order valence-electron chi connectivity index (χ3n) is 3.55. The number of likely N-dealkylation sites (tertiary alicyclic amines) is 1. The van der Waals surface area contributed by atoms with E-state index in [9.17, 15) is 9.59 Å². The van der Waals surface area contributed by atoms with Gasteiger partial charge >= 0.3 is 12.0 Å². The second-order valence-corrected chi connectivity index (χ2v) is 5.81. The number of carboxylic acid groups (broad SMARTS) is 1. The van der Waals surface area contributed by atoms with Gasteiger partial charge in [0.25, 0.3) is 0 Å². The molecule has 1 aliphatic heterocycles. The van der Waals surface area contributed by atoms with Crippen LogP contribution in [0.25, 0.3) is 0 Å². The second kappa shape index (κ2) is 7.36. The highest BCUT2D eigenvalue weighted by molar-refractivity contribution is 5.80. The van der Waals surface area contributed by atoms with E-state index in [0.717, 1.165) is 25.9 Å². The zero-order chi connectivity index (χ0) is 14.4. The molecule has 0 aliphatic carbocycles. The number of urea groups is 1. The molecular formula is C14H26N2O3. The van der Waals surface area contributed by atoms with Crippen LogP contribution in [-0.4, -0.2) is 53.1 Å². The number of carbonyl (C=O) groups excluding carboxylic acids is 1. The zero-order valence-corrected chi connectivity index (χ0v) is 12.3. The predicted octanol–water partition coefficient (Wildman–Crippen LogP) is 2.27. The molecule has 2 amide bonds. The standard InChI is InChI=1S/C14H26N2O3/c1-4-12-6-5-7-15(9-12)14(19)16(8-11(2)3)10-13(17)18/h11-12H,4-10H2,1-3H3,(H,17,18). The second-order valence-electron chi connectivity index (χ2n) is 5.81. The lowest BCUT2D eigenvalue weighted by Gasteiger charge is -2.36. The first kappa shape index (κ1) is 15.8. The van der Waals surface area contributed by atoms with E-state index in [1.807, 2.05) is 18.7 Å². The number of piperidine rings is 1. The first-order valence-corrected chi connectivity index (χ1v) is 7.19. The molecule has 0 aromatic rings. The fourth-order valence-corrected chi connectivity index (χ4v) is 2.59. The Balaban J connectivity index is 2.66. The van der Waals surface area contributed by atoms with Gasteiger partial charge in [-0.1, -0.05) is 27.2 Å². The Labute approximate surface area is 115 Å². The van der Waals surface area contributed by atoms with E-state index in [-0.39, 0.29) is 18.5 Å². The van der Waals surface area contributed by atoms with Crippen molar-refractivity contribution in [1.82, 2.24) is 9.80 Å². The Hall–Kier alpha value is -1.26. The third kappa shape index (κ3) is 5.09. The van der Waals surface area contributed by atoms with Gasteiger partial charge in [-0.15, -0.1) is 0 Å². The van der Waals surface area contributed by atoms with Crippen LogP contribution >= 0.6 is 0 Å². The Bertz CT molecular complexity index is 318. The summed E-state index contributed by atoms with van der Waals surface area (Å²) in [5.41, 5.74) is 0. The maximum atomic E-state index is 12.4. The number of aliphatic carboxylic acids is 1. The van der Waals surface area contributed by atoms with Crippen molar-refractivity contribution in [2.24, 2.45) is 11.8 Å². The minimum absolute atomic E-state index is 0.116. The van der Waals surface area contributed by atoms with Crippen LogP contribution in [0.1, 0.15) is 40.0 Å². The van der Waals surface area contributed by atoms with E-state index in [2.05, 4.69) is 6.92 Å². The summed E-state index contributed by atoms with van der Waals surface area (Å²) in [5, 5.41) is 8.93. The molecule has 0 aromatic carbocycles. The number of carboxylic acids is 1. The number of nitrogens with zero attached hydrogens (tertiary/aromatic N) is 2. The number of hydrogen-bond donors (Lipinski definition) is 1. The molecule has 1 atom stereocenters. The molecule has 1 rings (SSSR count). The van der Waals surface area contributed by atoms with Crippen LogP contribution in [0.4, 0.5) is 4.79 Å². The van der Waals surface area contributed by atoms with Crippen molar-refractivity contribution in [1.29, 1.82) is 0 Å². The number of rotatable bonds is 5. The highest BCUT2D eigenvalue weighted by atomic mass is 16.4. The predicted molar refractivity (Wildman–Crippen MR) is 74.0 cm³/mol. The van der Waals surface area contributed by atoms with E-state index < -0.39 is 5.97 Å². The molecule has 1 saturated heterocycles. The van der Waals surface area contributed by atoms with Crippen LogP contribution in [0.5, 0.6) is 0 Å². The van der Waals surface area contributed by atoms with Crippen molar-refractivity contribution in [3.05, 3.63) is 0 Å². The zero-order valence-electron chi connectivity index (χ0n) is 12.3. The molecule has 5 nitrogen and oxygen atoms in total. The molecule has 0 spiro atoms. The molecule has 1 fully saturated rings. The van der Waals surface area contributed by atoms with Crippen molar-refractivity contribution < 1.29 is 14.7 Å². The summed E-state index contributed by atoms with van der Waals surface area (Å²) >= 11 is 0. The van der Waals surface area contributed by atoms with Crippen molar-refractivity contribution in [2.45, 2.75) is 40.0 Å². The van der Waals surface area contributed by atoms with Gasteiger partial charge in [-0.05, 0) is 24.7 Å². The monoisotopic (exact) mass is 270 g/mol. The molecule has 1 aliphatic rings. The summed E-state index contributed by atoms with van der Waals surface area (Å²) in [4.78, 5) is 26.6. The summed E-state index contributed by atoms with van der Waals surface area (Å²) in [6.45, 7) is 7.94. The average molecular weight is 270 g/mol. The van der Waals surface area contributed by atoms with Crippen LogP contribution in [0.15, 0.2) is 0 Å².